The van der Waals surface area contributed by atoms with Gasteiger partial charge in [0, 0.05) is 5.69 Å². The molecule has 8 nitrogen and oxygen atoms in total. The third-order valence-corrected chi connectivity index (χ3v) is 4.93. The lowest BCUT2D eigenvalue weighted by molar-refractivity contribution is -0.116. The molecule has 0 bridgehead atoms. The van der Waals surface area contributed by atoms with Gasteiger partial charge in [0.1, 0.15) is 0 Å². The largest absolute Gasteiger partial charge is 0.325 e. The van der Waals surface area contributed by atoms with Crippen LogP contribution in [0.25, 0.3) is 11.0 Å². The second-order valence-electron chi connectivity index (χ2n) is 6.16. The zero-order valence-electron chi connectivity index (χ0n) is 14.9. The molecule has 140 valence electrons. The van der Waals surface area contributed by atoms with Crippen molar-refractivity contribution in [3.05, 3.63) is 54.7 Å². The monoisotopic (exact) mass is 385 g/mol. The summed E-state index contributed by atoms with van der Waals surface area (Å²) in [7, 11) is -0.332. The van der Waals surface area contributed by atoms with Crippen LogP contribution in [-0.4, -0.2) is 49.8 Å². The number of hydrogen-bond donors (Lipinski definition) is 2. The molecule has 1 aromatic heterocycles. The van der Waals surface area contributed by atoms with E-state index in [4.69, 9.17) is 0 Å². The molecule has 0 aliphatic carbocycles. The van der Waals surface area contributed by atoms with Crippen molar-refractivity contribution in [2.45, 2.75) is 4.90 Å². The Morgan fingerprint density at radius 3 is 2.56 bits per heavy atom. The number of rotatable bonds is 6. The van der Waals surface area contributed by atoms with Crippen LogP contribution in [-0.2, 0) is 14.8 Å². The highest BCUT2D eigenvalue weighted by Crippen LogP contribution is 2.19. The lowest BCUT2D eigenvalue weighted by Gasteiger charge is -2.12. The van der Waals surface area contributed by atoms with Gasteiger partial charge in [-0.15, -0.1) is 0 Å². The standard InChI is InChI=1S/C18H19N5O3S/c1-23(2)12-18(24)20-13-6-5-7-14(10-13)27(25,26)22-17-11-19-15-8-3-4-9-16(15)21-17/h3-11H,12H2,1-2H3,(H,20,24)(H,21,22). The van der Waals surface area contributed by atoms with Crippen molar-refractivity contribution in [3.8, 4) is 0 Å². The van der Waals surface area contributed by atoms with E-state index in [1.165, 1.54) is 18.3 Å². The second-order valence-corrected chi connectivity index (χ2v) is 7.85. The first kappa shape index (κ1) is 18.7. The number of nitrogens with one attached hydrogen (secondary N) is 2. The molecule has 27 heavy (non-hydrogen) atoms. The lowest BCUT2D eigenvalue weighted by Crippen LogP contribution is -2.27. The van der Waals surface area contributed by atoms with Crippen LogP contribution in [0.15, 0.2) is 59.6 Å². The molecule has 0 aliphatic heterocycles. The van der Waals surface area contributed by atoms with Gasteiger partial charge in [-0.1, -0.05) is 18.2 Å². The number of para-hydroxylation sites is 2. The summed E-state index contributed by atoms with van der Waals surface area (Å²) in [5, 5.41) is 2.67. The molecule has 9 heteroatoms. The van der Waals surface area contributed by atoms with Crippen LogP contribution >= 0.6 is 0 Å². The Bertz CT molecular complexity index is 1080. The number of sulfonamides is 1. The molecule has 0 saturated heterocycles. The molecule has 0 fully saturated rings. The minimum Gasteiger partial charge on any atom is -0.325 e. The predicted molar refractivity (Wildman–Crippen MR) is 104 cm³/mol. The Morgan fingerprint density at radius 2 is 1.81 bits per heavy atom. The SMILES string of the molecule is CN(C)CC(=O)Nc1cccc(S(=O)(=O)Nc2cnc3ccccc3n2)c1. The predicted octanol–water partition coefficient (Wildman–Crippen LogP) is 1.93. The quantitative estimate of drug-likeness (QED) is 0.672. The average Bonchev–Trinajstić information content (AvgIpc) is 2.61. The average molecular weight is 385 g/mol. The van der Waals surface area contributed by atoms with E-state index in [0.717, 1.165) is 0 Å². The Kier molecular flexibility index (Phi) is 5.33. The van der Waals surface area contributed by atoms with E-state index in [1.807, 2.05) is 6.07 Å². The van der Waals surface area contributed by atoms with Crippen LogP contribution in [0, 0.1) is 0 Å². The molecular weight excluding hydrogens is 366 g/mol. The summed E-state index contributed by atoms with van der Waals surface area (Å²) in [6.07, 6.45) is 1.36. The van der Waals surface area contributed by atoms with E-state index in [2.05, 4.69) is 20.0 Å². The first-order chi connectivity index (χ1) is 12.8. The number of carbonyl (C=O) groups is 1. The first-order valence-electron chi connectivity index (χ1n) is 8.13. The number of likely N-dealkylation sites (N-methyl/N-ethyl adjacent to an activating group) is 1. The van der Waals surface area contributed by atoms with Gasteiger partial charge in [-0.05, 0) is 44.4 Å². The summed E-state index contributed by atoms with van der Waals surface area (Å²) in [4.78, 5) is 22.0. The van der Waals surface area contributed by atoms with Gasteiger partial charge in [0.2, 0.25) is 5.91 Å². The molecule has 0 unspecified atom stereocenters. The van der Waals surface area contributed by atoms with Gasteiger partial charge in [0.25, 0.3) is 10.0 Å². The molecular formula is C18H19N5O3S. The molecule has 2 aromatic carbocycles. The van der Waals surface area contributed by atoms with Crippen LogP contribution in [0.5, 0.6) is 0 Å². The van der Waals surface area contributed by atoms with Gasteiger partial charge in [-0.2, -0.15) is 0 Å². The van der Waals surface area contributed by atoms with Crippen LogP contribution < -0.4 is 10.0 Å². The number of aromatic nitrogens is 2. The molecule has 0 atom stereocenters. The lowest BCUT2D eigenvalue weighted by atomic mass is 10.3. The molecule has 1 heterocycles. The fraction of sp³-hybridized carbons (Fsp3) is 0.167. The summed E-state index contributed by atoms with van der Waals surface area (Å²) in [5.41, 5.74) is 1.66. The van der Waals surface area contributed by atoms with Crippen molar-refractivity contribution in [3.63, 3.8) is 0 Å². The van der Waals surface area contributed by atoms with Gasteiger partial charge in [0.15, 0.2) is 5.82 Å². The first-order valence-corrected chi connectivity index (χ1v) is 9.61. The third-order valence-electron chi connectivity index (χ3n) is 3.58. The van der Waals surface area contributed by atoms with Crippen molar-refractivity contribution in [1.29, 1.82) is 0 Å². The maximum Gasteiger partial charge on any atom is 0.263 e. The number of amides is 1. The molecule has 3 rings (SSSR count). The topological polar surface area (TPSA) is 104 Å². The highest BCUT2D eigenvalue weighted by atomic mass is 32.2. The molecule has 1 amide bonds. The zero-order valence-corrected chi connectivity index (χ0v) is 15.7. The van der Waals surface area contributed by atoms with Gasteiger partial charge in [-0.3, -0.25) is 14.5 Å². The second kappa shape index (κ2) is 7.68. The molecule has 2 N–H and O–H groups in total. The Labute approximate surface area is 157 Å². The van der Waals surface area contributed by atoms with Crippen molar-refractivity contribution in [2.75, 3.05) is 30.7 Å². The van der Waals surface area contributed by atoms with E-state index in [9.17, 15) is 13.2 Å². The zero-order chi connectivity index (χ0) is 19.4. The Balaban J connectivity index is 1.81. The van der Waals surface area contributed by atoms with E-state index >= 15 is 0 Å². The fourth-order valence-corrected chi connectivity index (χ4v) is 3.46. The van der Waals surface area contributed by atoms with Crippen LogP contribution in [0.1, 0.15) is 0 Å². The molecule has 0 aliphatic rings. The minimum atomic E-state index is -3.88. The number of nitrogens with zero attached hydrogens (tertiary/aromatic N) is 3. The maximum atomic E-state index is 12.7. The molecule has 0 saturated carbocycles. The van der Waals surface area contributed by atoms with Crippen molar-refractivity contribution in [1.82, 2.24) is 14.9 Å². The Hall–Kier alpha value is -3.04. The summed E-state index contributed by atoms with van der Waals surface area (Å²) in [6, 6.07) is 13.2. The smallest absolute Gasteiger partial charge is 0.263 e. The number of benzene rings is 2. The van der Waals surface area contributed by atoms with Crippen LogP contribution in [0.2, 0.25) is 0 Å². The fourth-order valence-electron chi connectivity index (χ4n) is 2.43. The van der Waals surface area contributed by atoms with E-state index in [0.29, 0.717) is 16.7 Å². The number of fused-ring (bicyclic) bond motifs is 1. The van der Waals surface area contributed by atoms with E-state index in [-0.39, 0.29) is 23.2 Å². The van der Waals surface area contributed by atoms with Crippen molar-refractivity contribution < 1.29 is 13.2 Å². The maximum absolute atomic E-state index is 12.7. The molecule has 3 aromatic rings. The molecule has 0 spiro atoms. The van der Waals surface area contributed by atoms with Gasteiger partial charge in [0.05, 0.1) is 28.7 Å². The van der Waals surface area contributed by atoms with Gasteiger partial charge in [-0.25, -0.2) is 13.4 Å². The van der Waals surface area contributed by atoms with Gasteiger partial charge >= 0.3 is 0 Å². The Morgan fingerprint density at radius 1 is 1.07 bits per heavy atom. The van der Waals surface area contributed by atoms with E-state index in [1.54, 1.807) is 49.3 Å². The summed E-state index contributed by atoms with van der Waals surface area (Å²) in [5.74, 6) is -0.112. The number of anilines is 2. The van der Waals surface area contributed by atoms with E-state index < -0.39 is 10.0 Å². The highest BCUT2D eigenvalue weighted by molar-refractivity contribution is 7.92. The number of carbonyl (C=O) groups excluding carboxylic acids is 1. The summed E-state index contributed by atoms with van der Waals surface area (Å²) in [6.45, 7) is 0.196. The normalized spacial score (nSPS) is 11.5. The summed E-state index contributed by atoms with van der Waals surface area (Å²) >= 11 is 0. The van der Waals surface area contributed by atoms with Crippen molar-refractivity contribution in [2.24, 2.45) is 0 Å². The van der Waals surface area contributed by atoms with Gasteiger partial charge < -0.3 is 10.2 Å². The highest BCUT2D eigenvalue weighted by Gasteiger charge is 2.16. The third kappa shape index (κ3) is 4.78. The van der Waals surface area contributed by atoms with Crippen molar-refractivity contribution >= 4 is 38.5 Å². The minimum absolute atomic E-state index is 0.0140. The van der Waals surface area contributed by atoms with Crippen LogP contribution in [0.4, 0.5) is 11.5 Å². The molecule has 0 radical (unpaired) electrons. The summed E-state index contributed by atoms with van der Waals surface area (Å²) < 4.78 is 27.7. The number of hydrogen-bond acceptors (Lipinski definition) is 6. The van der Waals surface area contributed by atoms with Crippen LogP contribution in [0.3, 0.4) is 0 Å².